The van der Waals surface area contributed by atoms with Gasteiger partial charge < -0.3 is 9.42 Å². The first kappa shape index (κ1) is 13.1. The fourth-order valence-corrected chi connectivity index (χ4v) is 2.20. The predicted octanol–water partition coefficient (Wildman–Crippen LogP) is 3.60. The number of likely N-dealkylation sites (N-methyl/N-ethyl adjacent to an activating group) is 1. The number of unbranched alkanes of at least 4 members (excludes halogenated alkanes) is 2. The molecule has 1 aliphatic rings. The van der Waals surface area contributed by atoms with Crippen molar-refractivity contribution in [3.8, 4) is 0 Å². The zero-order valence-electron chi connectivity index (χ0n) is 11.4. The molecule has 0 fully saturated rings. The van der Waals surface area contributed by atoms with E-state index in [1.165, 1.54) is 18.4 Å². The smallest absolute Gasteiger partial charge is 0.131 e. The average molecular weight is 246 g/mol. The van der Waals surface area contributed by atoms with Crippen molar-refractivity contribution in [3.63, 3.8) is 0 Å². The van der Waals surface area contributed by atoms with Crippen LogP contribution >= 0.6 is 0 Å². The van der Waals surface area contributed by atoms with Gasteiger partial charge in [-0.3, -0.25) is 0 Å². The molecule has 0 atom stereocenters. The van der Waals surface area contributed by atoms with E-state index in [1.54, 1.807) is 6.26 Å². The highest BCUT2D eigenvalue weighted by atomic mass is 16.5. The third-order valence-corrected chi connectivity index (χ3v) is 3.26. The molecule has 2 rings (SSSR count). The Labute approximate surface area is 109 Å². The molecule has 3 heteroatoms. The van der Waals surface area contributed by atoms with E-state index < -0.39 is 0 Å². The van der Waals surface area contributed by atoms with Crippen molar-refractivity contribution in [1.29, 1.82) is 0 Å². The zero-order valence-corrected chi connectivity index (χ0v) is 11.4. The quantitative estimate of drug-likeness (QED) is 0.743. The van der Waals surface area contributed by atoms with Crippen LogP contribution < -0.4 is 0 Å². The van der Waals surface area contributed by atoms with Crippen LogP contribution in [0.4, 0.5) is 0 Å². The van der Waals surface area contributed by atoms with Crippen molar-refractivity contribution in [3.05, 3.63) is 29.7 Å². The summed E-state index contributed by atoms with van der Waals surface area (Å²) in [5.41, 5.74) is 3.40. The maximum atomic E-state index is 5.13. The van der Waals surface area contributed by atoms with Gasteiger partial charge in [-0.2, -0.15) is 0 Å². The second-order valence-corrected chi connectivity index (χ2v) is 4.92. The summed E-state index contributed by atoms with van der Waals surface area (Å²) < 4.78 is 5.13. The van der Waals surface area contributed by atoms with Crippen molar-refractivity contribution in [2.75, 3.05) is 20.1 Å². The third-order valence-electron chi connectivity index (χ3n) is 3.26. The van der Waals surface area contributed by atoms with E-state index in [9.17, 15) is 0 Å². The highest BCUT2D eigenvalue weighted by molar-refractivity contribution is 5.72. The van der Waals surface area contributed by atoms with Crippen LogP contribution in [0.25, 0.3) is 11.6 Å². The van der Waals surface area contributed by atoms with Crippen LogP contribution in [-0.2, 0) is 0 Å². The van der Waals surface area contributed by atoms with Crippen molar-refractivity contribution >= 4 is 11.6 Å². The van der Waals surface area contributed by atoms with Crippen LogP contribution in [0.5, 0.6) is 0 Å². The molecule has 0 N–H and O–H groups in total. The first-order chi connectivity index (χ1) is 8.81. The van der Waals surface area contributed by atoms with E-state index in [0.29, 0.717) is 0 Å². The lowest BCUT2D eigenvalue weighted by molar-refractivity contribution is 0.369. The van der Waals surface area contributed by atoms with Crippen LogP contribution in [0.15, 0.2) is 22.9 Å². The SMILES string of the molecule is CCCCC=Cc1conc1C1=CCCN(C)C1. The minimum Gasteiger partial charge on any atom is -0.363 e. The Bertz CT molecular complexity index is 431. The summed E-state index contributed by atoms with van der Waals surface area (Å²) in [5, 5.41) is 4.15. The topological polar surface area (TPSA) is 29.3 Å². The largest absolute Gasteiger partial charge is 0.363 e. The summed E-state index contributed by atoms with van der Waals surface area (Å²) in [6, 6.07) is 0. The summed E-state index contributed by atoms with van der Waals surface area (Å²) in [5.74, 6) is 0. The van der Waals surface area contributed by atoms with Crippen molar-refractivity contribution in [1.82, 2.24) is 10.1 Å². The van der Waals surface area contributed by atoms with E-state index in [0.717, 1.165) is 37.2 Å². The zero-order chi connectivity index (χ0) is 12.8. The molecule has 2 heterocycles. The molecule has 1 aliphatic heterocycles. The summed E-state index contributed by atoms with van der Waals surface area (Å²) in [7, 11) is 2.14. The van der Waals surface area contributed by atoms with Gasteiger partial charge in [0.2, 0.25) is 0 Å². The fraction of sp³-hybridized carbons (Fsp3) is 0.533. The number of hydrogen-bond acceptors (Lipinski definition) is 3. The number of allylic oxidation sites excluding steroid dienone is 1. The fourth-order valence-electron chi connectivity index (χ4n) is 2.20. The first-order valence-corrected chi connectivity index (χ1v) is 6.80. The molecule has 0 amide bonds. The van der Waals surface area contributed by atoms with Gasteiger partial charge in [0.05, 0.1) is 0 Å². The summed E-state index contributed by atoms with van der Waals surface area (Å²) in [4.78, 5) is 2.31. The van der Waals surface area contributed by atoms with Crippen LogP contribution in [0.1, 0.15) is 43.9 Å². The predicted molar refractivity (Wildman–Crippen MR) is 75.2 cm³/mol. The second-order valence-electron chi connectivity index (χ2n) is 4.92. The summed E-state index contributed by atoms with van der Waals surface area (Å²) in [6.07, 6.45) is 13.1. The molecule has 0 saturated heterocycles. The average Bonchev–Trinajstić information content (AvgIpc) is 2.83. The molecule has 1 aromatic heterocycles. The van der Waals surface area contributed by atoms with Gasteiger partial charge in [-0.1, -0.05) is 43.2 Å². The van der Waals surface area contributed by atoms with E-state index in [2.05, 4.69) is 42.3 Å². The van der Waals surface area contributed by atoms with Gasteiger partial charge in [-0.25, -0.2) is 0 Å². The van der Waals surface area contributed by atoms with Crippen LogP contribution in [-0.4, -0.2) is 30.2 Å². The van der Waals surface area contributed by atoms with Gasteiger partial charge in [-0.05, 0) is 25.5 Å². The summed E-state index contributed by atoms with van der Waals surface area (Å²) >= 11 is 0. The number of rotatable bonds is 5. The Morgan fingerprint density at radius 3 is 3.17 bits per heavy atom. The van der Waals surface area contributed by atoms with Crippen molar-refractivity contribution < 1.29 is 4.52 Å². The monoisotopic (exact) mass is 246 g/mol. The molecule has 1 aromatic rings. The Morgan fingerprint density at radius 1 is 1.50 bits per heavy atom. The standard InChI is InChI=1S/C15H22N2O/c1-3-4-5-6-8-14-12-18-16-15(14)13-9-7-10-17(2)11-13/h6,8-9,12H,3-5,7,10-11H2,1-2H3. The minimum absolute atomic E-state index is 0.961. The molecule has 18 heavy (non-hydrogen) atoms. The molecule has 0 radical (unpaired) electrons. The molecule has 0 aliphatic carbocycles. The highest BCUT2D eigenvalue weighted by Crippen LogP contribution is 2.23. The van der Waals surface area contributed by atoms with Gasteiger partial charge in [0.15, 0.2) is 0 Å². The van der Waals surface area contributed by atoms with Gasteiger partial charge in [0, 0.05) is 18.7 Å². The van der Waals surface area contributed by atoms with Gasteiger partial charge in [0.25, 0.3) is 0 Å². The number of hydrogen-bond donors (Lipinski definition) is 0. The molecule has 0 unspecified atom stereocenters. The normalized spacial score (nSPS) is 17.3. The second kappa shape index (κ2) is 6.55. The maximum absolute atomic E-state index is 5.13. The molecule has 0 saturated carbocycles. The van der Waals surface area contributed by atoms with Gasteiger partial charge in [0.1, 0.15) is 12.0 Å². The lowest BCUT2D eigenvalue weighted by Gasteiger charge is -2.21. The first-order valence-electron chi connectivity index (χ1n) is 6.80. The van der Waals surface area contributed by atoms with Crippen molar-refractivity contribution in [2.24, 2.45) is 0 Å². The van der Waals surface area contributed by atoms with E-state index in [1.807, 2.05) is 0 Å². The Hall–Kier alpha value is -1.35. The highest BCUT2D eigenvalue weighted by Gasteiger charge is 2.15. The molecular weight excluding hydrogens is 224 g/mol. The maximum Gasteiger partial charge on any atom is 0.131 e. The Balaban J connectivity index is 2.07. The third kappa shape index (κ3) is 3.33. The molecule has 0 bridgehead atoms. The molecule has 0 spiro atoms. The Morgan fingerprint density at radius 2 is 2.39 bits per heavy atom. The van der Waals surface area contributed by atoms with E-state index in [-0.39, 0.29) is 0 Å². The summed E-state index contributed by atoms with van der Waals surface area (Å²) in [6.45, 7) is 4.30. The van der Waals surface area contributed by atoms with Gasteiger partial charge in [-0.15, -0.1) is 0 Å². The minimum atomic E-state index is 0.961. The van der Waals surface area contributed by atoms with E-state index in [4.69, 9.17) is 4.52 Å². The van der Waals surface area contributed by atoms with Crippen molar-refractivity contribution in [2.45, 2.75) is 32.6 Å². The lowest BCUT2D eigenvalue weighted by Crippen LogP contribution is -2.25. The van der Waals surface area contributed by atoms with Gasteiger partial charge >= 0.3 is 0 Å². The van der Waals surface area contributed by atoms with Crippen LogP contribution in [0, 0.1) is 0 Å². The lowest BCUT2D eigenvalue weighted by atomic mass is 10.0. The Kier molecular flexibility index (Phi) is 4.76. The molecule has 0 aromatic carbocycles. The molecular formula is C15H22N2O. The van der Waals surface area contributed by atoms with Crippen LogP contribution in [0.3, 0.4) is 0 Å². The molecule has 3 nitrogen and oxygen atoms in total. The number of aromatic nitrogens is 1. The number of nitrogens with zero attached hydrogens (tertiary/aromatic N) is 2. The molecule has 98 valence electrons. The van der Waals surface area contributed by atoms with E-state index >= 15 is 0 Å². The van der Waals surface area contributed by atoms with Crippen LogP contribution in [0.2, 0.25) is 0 Å².